The van der Waals surface area contributed by atoms with Crippen LogP contribution in [-0.4, -0.2) is 28.4 Å². The van der Waals surface area contributed by atoms with Gasteiger partial charge in [0.05, 0.1) is 5.01 Å². The second kappa shape index (κ2) is 6.47. The van der Waals surface area contributed by atoms with E-state index in [0.717, 1.165) is 23.9 Å². The van der Waals surface area contributed by atoms with Crippen LogP contribution in [0.4, 0.5) is 0 Å². The van der Waals surface area contributed by atoms with Crippen molar-refractivity contribution in [2.24, 2.45) is 5.92 Å². The highest BCUT2D eigenvalue weighted by Gasteiger charge is 2.35. The number of thiazole rings is 1. The van der Waals surface area contributed by atoms with Crippen molar-refractivity contribution >= 4 is 17.2 Å². The third-order valence-corrected chi connectivity index (χ3v) is 6.13. The van der Waals surface area contributed by atoms with Gasteiger partial charge in [0.25, 0.3) is 5.91 Å². The summed E-state index contributed by atoms with van der Waals surface area (Å²) < 4.78 is 0. The molecule has 0 spiro atoms. The Labute approximate surface area is 131 Å². The van der Waals surface area contributed by atoms with Gasteiger partial charge in [-0.3, -0.25) is 4.79 Å². The van der Waals surface area contributed by atoms with E-state index in [4.69, 9.17) is 0 Å². The number of hydrogen-bond acceptors (Lipinski definition) is 3. The molecular formula is C17H26N2OS. The first-order chi connectivity index (χ1) is 10.2. The zero-order valence-corrected chi connectivity index (χ0v) is 14.0. The molecule has 4 heteroatoms. The minimum atomic E-state index is 0.178. The summed E-state index contributed by atoms with van der Waals surface area (Å²) in [6, 6.07) is 0.470. The summed E-state index contributed by atoms with van der Waals surface area (Å²) in [6.07, 6.45) is 8.86. The van der Waals surface area contributed by atoms with Crippen LogP contribution in [0, 0.1) is 5.92 Å². The van der Waals surface area contributed by atoms with Crippen LogP contribution < -0.4 is 0 Å². The maximum atomic E-state index is 12.9. The minimum absolute atomic E-state index is 0.178. The molecule has 1 aromatic heterocycles. The molecule has 2 heterocycles. The first kappa shape index (κ1) is 15.0. The molecule has 1 aromatic rings. The van der Waals surface area contributed by atoms with Crippen LogP contribution in [0.5, 0.6) is 0 Å². The second-order valence-electron chi connectivity index (χ2n) is 6.83. The Morgan fingerprint density at radius 1 is 1.24 bits per heavy atom. The van der Waals surface area contributed by atoms with E-state index in [0.29, 0.717) is 17.7 Å². The number of fused-ring (bicyclic) bond motifs is 1. The Morgan fingerprint density at radius 3 is 2.67 bits per heavy atom. The highest BCUT2D eigenvalue weighted by Crippen LogP contribution is 2.35. The van der Waals surface area contributed by atoms with Gasteiger partial charge >= 0.3 is 0 Å². The van der Waals surface area contributed by atoms with Gasteiger partial charge in [-0.25, -0.2) is 4.98 Å². The number of nitrogens with zero attached hydrogens (tertiary/aromatic N) is 2. The van der Waals surface area contributed by atoms with E-state index < -0.39 is 0 Å². The summed E-state index contributed by atoms with van der Waals surface area (Å²) in [4.78, 5) is 19.7. The largest absolute Gasteiger partial charge is 0.334 e. The van der Waals surface area contributed by atoms with Gasteiger partial charge in [-0.1, -0.05) is 33.1 Å². The Hall–Kier alpha value is -0.900. The molecule has 2 unspecified atom stereocenters. The molecule has 3 rings (SSSR count). The maximum Gasteiger partial charge on any atom is 0.273 e. The van der Waals surface area contributed by atoms with Gasteiger partial charge in [0.15, 0.2) is 0 Å². The highest BCUT2D eigenvalue weighted by atomic mass is 32.1. The van der Waals surface area contributed by atoms with Crippen LogP contribution in [0.1, 0.15) is 80.2 Å². The fourth-order valence-electron chi connectivity index (χ4n) is 3.84. The summed E-state index contributed by atoms with van der Waals surface area (Å²) in [5, 5.41) is 3.04. The lowest BCUT2D eigenvalue weighted by Gasteiger charge is -2.38. The second-order valence-corrected chi connectivity index (χ2v) is 7.72. The molecule has 21 heavy (non-hydrogen) atoms. The normalized spacial score (nSPS) is 26.5. The SMILES string of the molecule is CC(C)c1nc(C(=O)N2CCCCC3CCCCC32)cs1. The number of likely N-dealkylation sites (tertiary alicyclic amines) is 1. The Morgan fingerprint density at radius 2 is 1.95 bits per heavy atom. The van der Waals surface area contributed by atoms with Crippen LogP contribution >= 0.6 is 11.3 Å². The molecule has 2 aliphatic rings. The van der Waals surface area contributed by atoms with Gasteiger partial charge in [-0.2, -0.15) is 0 Å². The van der Waals surface area contributed by atoms with Crippen LogP contribution in [0.15, 0.2) is 5.38 Å². The predicted molar refractivity (Wildman–Crippen MR) is 86.8 cm³/mol. The first-order valence-corrected chi connectivity index (χ1v) is 9.31. The number of aromatic nitrogens is 1. The van der Waals surface area contributed by atoms with Crippen LogP contribution in [0.3, 0.4) is 0 Å². The number of carbonyl (C=O) groups is 1. The summed E-state index contributed by atoms with van der Waals surface area (Å²) >= 11 is 1.63. The number of amides is 1. The highest BCUT2D eigenvalue weighted by molar-refractivity contribution is 7.09. The van der Waals surface area contributed by atoms with Crippen molar-refractivity contribution < 1.29 is 4.79 Å². The Balaban J connectivity index is 1.80. The monoisotopic (exact) mass is 306 g/mol. The van der Waals surface area contributed by atoms with Crippen molar-refractivity contribution in [3.63, 3.8) is 0 Å². The van der Waals surface area contributed by atoms with Gasteiger partial charge < -0.3 is 4.90 Å². The van der Waals surface area contributed by atoms with Gasteiger partial charge in [-0.05, 0) is 31.6 Å². The van der Waals surface area contributed by atoms with E-state index in [1.54, 1.807) is 11.3 Å². The van der Waals surface area contributed by atoms with E-state index in [1.165, 1.54) is 38.5 Å². The molecule has 2 fully saturated rings. The standard InChI is InChI=1S/C17H26N2OS/c1-12(2)16-18-14(11-21-16)17(20)19-10-6-5-8-13-7-3-4-9-15(13)19/h11-13,15H,3-10H2,1-2H3. The fraction of sp³-hybridized carbons (Fsp3) is 0.765. The summed E-state index contributed by atoms with van der Waals surface area (Å²) in [7, 11) is 0. The zero-order chi connectivity index (χ0) is 14.8. The van der Waals surface area contributed by atoms with Crippen molar-refractivity contribution in [2.45, 2.75) is 70.8 Å². The van der Waals surface area contributed by atoms with Crippen molar-refractivity contribution in [3.05, 3.63) is 16.1 Å². The van der Waals surface area contributed by atoms with Gasteiger partial charge in [-0.15, -0.1) is 11.3 Å². The molecule has 116 valence electrons. The molecule has 0 N–H and O–H groups in total. The molecule has 1 aliphatic heterocycles. The summed E-state index contributed by atoms with van der Waals surface area (Å²) in [5.41, 5.74) is 0.676. The molecule has 0 bridgehead atoms. The number of carbonyl (C=O) groups excluding carboxylic acids is 1. The Bertz CT molecular complexity index is 497. The minimum Gasteiger partial charge on any atom is -0.334 e. The fourth-order valence-corrected chi connectivity index (χ4v) is 4.65. The number of hydrogen-bond donors (Lipinski definition) is 0. The molecule has 3 nitrogen and oxygen atoms in total. The molecule has 1 aliphatic carbocycles. The quantitative estimate of drug-likeness (QED) is 0.808. The van der Waals surface area contributed by atoms with Crippen LogP contribution in [0.2, 0.25) is 0 Å². The van der Waals surface area contributed by atoms with E-state index in [9.17, 15) is 4.79 Å². The molecule has 1 saturated heterocycles. The smallest absolute Gasteiger partial charge is 0.273 e. The van der Waals surface area contributed by atoms with Crippen LogP contribution in [0.25, 0.3) is 0 Å². The maximum absolute atomic E-state index is 12.9. The lowest BCUT2D eigenvalue weighted by Crippen LogP contribution is -2.45. The summed E-state index contributed by atoms with van der Waals surface area (Å²) in [5.74, 6) is 1.31. The molecular weight excluding hydrogens is 280 g/mol. The van der Waals surface area contributed by atoms with Gasteiger partial charge in [0, 0.05) is 23.9 Å². The average Bonchev–Trinajstić information content (AvgIpc) is 2.88. The van der Waals surface area contributed by atoms with Crippen molar-refractivity contribution in [3.8, 4) is 0 Å². The molecule has 1 amide bonds. The molecule has 0 radical (unpaired) electrons. The third kappa shape index (κ3) is 3.15. The topological polar surface area (TPSA) is 33.2 Å². The first-order valence-electron chi connectivity index (χ1n) is 8.43. The summed E-state index contributed by atoms with van der Waals surface area (Å²) in [6.45, 7) is 5.20. The predicted octanol–water partition coefficient (Wildman–Crippen LogP) is 4.45. The average molecular weight is 306 g/mol. The van der Waals surface area contributed by atoms with Gasteiger partial charge in [0.1, 0.15) is 5.69 Å². The van der Waals surface area contributed by atoms with E-state index in [-0.39, 0.29) is 5.91 Å². The zero-order valence-electron chi connectivity index (χ0n) is 13.2. The number of rotatable bonds is 2. The van der Waals surface area contributed by atoms with Crippen molar-refractivity contribution in [1.29, 1.82) is 0 Å². The Kier molecular flexibility index (Phi) is 4.63. The van der Waals surface area contributed by atoms with Crippen LogP contribution in [-0.2, 0) is 0 Å². The molecule has 1 saturated carbocycles. The molecule has 2 atom stereocenters. The van der Waals surface area contributed by atoms with Crippen molar-refractivity contribution in [1.82, 2.24) is 9.88 Å². The molecule has 0 aromatic carbocycles. The lowest BCUT2D eigenvalue weighted by molar-refractivity contribution is 0.0563. The third-order valence-electron chi connectivity index (χ3n) is 4.99. The van der Waals surface area contributed by atoms with Crippen molar-refractivity contribution in [2.75, 3.05) is 6.54 Å². The lowest BCUT2D eigenvalue weighted by atomic mass is 9.81. The van der Waals surface area contributed by atoms with E-state index in [2.05, 4.69) is 23.7 Å². The van der Waals surface area contributed by atoms with E-state index in [1.807, 2.05) is 5.38 Å². The van der Waals surface area contributed by atoms with E-state index >= 15 is 0 Å². The van der Waals surface area contributed by atoms with Gasteiger partial charge in [0.2, 0.25) is 0 Å².